The number of hydrogen-bond acceptors (Lipinski definition) is 2. The molecule has 0 radical (unpaired) electrons. The number of anilines is 1. The van der Waals surface area contributed by atoms with E-state index < -0.39 is 0 Å². The minimum Gasteiger partial charge on any atom is -0.381 e. The van der Waals surface area contributed by atoms with Crippen molar-refractivity contribution in [2.45, 2.75) is 13.5 Å². The maximum atomic E-state index is 12.9. The van der Waals surface area contributed by atoms with Gasteiger partial charge in [-0.05, 0) is 36.8 Å². The van der Waals surface area contributed by atoms with Crippen LogP contribution in [0.5, 0.6) is 0 Å². The van der Waals surface area contributed by atoms with Crippen molar-refractivity contribution in [3.8, 4) is 0 Å². The smallest absolute Gasteiger partial charge is 0.125 e. The molecular formula is C13H13FN2. The molecule has 0 spiro atoms. The molecule has 0 saturated heterocycles. The van der Waals surface area contributed by atoms with Crippen LogP contribution in [-0.2, 0) is 6.54 Å². The molecule has 0 aliphatic heterocycles. The summed E-state index contributed by atoms with van der Waals surface area (Å²) in [6.07, 6.45) is 1.76. The van der Waals surface area contributed by atoms with Gasteiger partial charge in [0.15, 0.2) is 0 Å². The van der Waals surface area contributed by atoms with E-state index in [4.69, 9.17) is 0 Å². The van der Waals surface area contributed by atoms with Crippen molar-refractivity contribution < 1.29 is 4.39 Å². The van der Waals surface area contributed by atoms with Crippen LogP contribution >= 0.6 is 0 Å². The van der Waals surface area contributed by atoms with E-state index in [1.165, 1.54) is 12.1 Å². The molecule has 0 unspecified atom stereocenters. The molecule has 82 valence electrons. The number of nitrogens with zero attached hydrogens (tertiary/aromatic N) is 1. The highest BCUT2D eigenvalue weighted by atomic mass is 19.1. The summed E-state index contributed by atoms with van der Waals surface area (Å²) in [4.78, 5) is 4.19. The topological polar surface area (TPSA) is 24.9 Å². The van der Waals surface area contributed by atoms with Crippen molar-refractivity contribution >= 4 is 5.69 Å². The minimum atomic E-state index is -0.229. The quantitative estimate of drug-likeness (QED) is 0.852. The first kappa shape index (κ1) is 10.6. The van der Waals surface area contributed by atoms with Crippen LogP contribution in [0.1, 0.15) is 11.3 Å². The third-order valence-corrected chi connectivity index (χ3v) is 2.42. The summed E-state index contributed by atoms with van der Waals surface area (Å²) in [5.41, 5.74) is 2.89. The van der Waals surface area contributed by atoms with Crippen LogP contribution in [0.4, 0.5) is 10.1 Å². The Labute approximate surface area is 94.2 Å². The van der Waals surface area contributed by atoms with Gasteiger partial charge >= 0.3 is 0 Å². The van der Waals surface area contributed by atoms with E-state index in [-0.39, 0.29) is 5.82 Å². The van der Waals surface area contributed by atoms with Gasteiger partial charge in [-0.1, -0.05) is 12.1 Å². The van der Waals surface area contributed by atoms with E-state index >= 15 is 0 Å². The predicted octanol–water partition coefficient (Wildman–Crippen LogP) is 3.14. The molecule has 0 aliphatic rings. The zero-order chi connectivity index (χ0) is 11.4. The Bertz CT molecular complexity index is 483. The standard InChI is InChI=1S/C13H13FN2/c1-10-11(4-3-7-15-10)9-16-13-6-2-5-12(14)8-13/h2-8,16H,9H2,1H3. The SMILES string of the molecule is Cc1ncccc1CNc1cccc(F)c1. The van der Waals surface area contributed by atoms with Crippen LogP contribution in [0.15, 0.2) is 42.6 Å². The molecule has 1 N–H and O–H groups in total. The van der Waals surface area contributed by atoms with Crippen molar-refractivity contribution in [3.05, 3.63) is 59.7 Å². The Hall–Kier alpha value is -1.90. The Morgan fingerprint density at radius 2 is 2.12 bits per heavy atom. The molecule has 2 aromatic rings. The summed E-state index contributed by atoms with van der Waals surface area (Å²) in [6, 6.07) is 10.3. The first-order valence-corrected chi connectivity index (χ1v) is 5.15. The molecule has 16 heavy (non-hydrogen) atoms. The number of rotatable bonds is 3. The zero-order valence-corrected chi connectivity index (χ0v) is 9.07. The van der Waals surface area contributed by atoms with Gasteiger partial charge in [0.2, 0.25) is 0 Å². The predicted molar refractivity (Wildman–Crippen MR) is 62.7 cm³/mol. The second kappa shape index (κ2) is 4.75. The Balaban J connectivity index is 2.05. The average molecular weight is 216 g/mol. The largest absolute Gasteiger partial charge is 0.381 e. The average Bonchev–Trinajstić information content (AvgIpc) is 2.28. The normalized spacial score (nSPS) is 10.1. The maximum Gasteiger partial charge on any atom is 0.125 e. The van der Waals surface area contributed by atoms with Gasteiger partial charge in [-0.2, -0.15) is 0 Å². The monoisotopic (exact) mass is 216 g/mol. The van der Waals surface area contributed by atoms with E-state index in [2.05, 4.69) is 10.3 Å². The molecule has 2 rings (SSSR count). The molecule has 0 fully saturated rings. The molecule has 0 saturated carbocycles. The van der Waals surface area contributed by atoms with Crippen molar-refractivity contribution in [1.29, 1.82) is 0 Å². The molecule has 1 heterocycles. The molecule has 0 bridgehead atoms. The van der Waals surface area contributed by atoms with Gasteiger partial charge in [-0.3, -0.25) is 4.98 Å². The highest BCUT2D eigenvalue weighted by Gasteiger charge is 1.98. The lowest BCUT2D eigenvalue weighted by molar-refractivity contribution is 0.628. The van der Waals surface area contributed by atoms with Gasteiger partial charge in [0.25, 0.3) is 0 Å². The molecule has 2 nitrogen and oxygen atoms in total. The number of benzene rings is 1. The Morgan fingerprint density at radius 1 is 1.25 bits per heavy atom. The Morgan fingerprint density at radius 3 is 2.88 bits per heavy atom. The zero-order valence-electron chi connectivity index (χ0n) is 9.07. The highest BCUT2D eigenvalue weighted by Crippen LogP contribution is 2.11. The molecule has 1 aromatic heterocycles. The molecule has 0 aliphatic carbocycles. The minimum absolute atomic E-state index is 0.229. The van der Waals surface area contributed by atoms with Gasteiger partial charge in [-0.15, -0.1) is 0 Å². The second-order valence-corrected chi connectivity index (χ2v) is 3.61. The second-order valence-electron chi connectivity index (χ2n) is 3.61. The molecule has 1 aromatic carbocycles. The van der Waals surface area contributed by atoms with Gasteiger partial charge < -0.3 is 5.32 Å². The number of nitrogens with one attached hydrogen (secondary N) is 1. The van der Waals surface area contributed by atoms with Gasteiger partial charge in [0.05, 0.1) is 0 Å². The first-order valence-electron chi connectivity index (χ1n) is 5.15. The summed E-state index contributed by atoms with van der Waals surface area (Å²) >= 11 is 0. The van der Waals surface area contributed by atoms with E-state index in [1.54, 1.807) is 12.3 Å². The van der Waals surface area contributed by atoms with E-state index in [1.807, 2.05) is 25.1 Å². The molecule has 0 amide bonds. The molecule has 0 atom stereocenters. The van der Waals surface area contributed by atoms with Crippen molar-refractivity contribution in [3.63, 3.8) is 0 Å². The molecular weight excluding hydrogens is 203 g/mol. The van der Waals surface area contributed by atoms with Crippen LogP contribution in [0.3, 0.4) is 0 Å². The van der Waals surface area contributed by atoms with Crippen molar-refractivity contribution in [2.24, 2.45) is 0 Å². The van der Waals surface area contributed by atoms with E-state index in [9.17, 15) is 4.39 Å². The van der Waals surface area contributed by atoms with Gasteiger partial charge in [0, 0.05) is 24.1 Å². The lowest BCUT2D eigenvalue weighted by Crippen LogP contribution is -2.02. The fourth-order valence-corrected chi connectivity index (χ4v) is 1.50. The lowest BCUT2D eigenvalue weighted by Gasteiger charge is -2.08. The number of aromatic nitrogens is 1. The third-order valence-electron chi connectivity index (χ3n) is 2.42. The summed E-state index contributed by atoms with van der Waals surface area (Å²) < 4.78 is 12.9. The number of aryl methyl sites for hydroxylation is 1. The summed E-state index contributed by atoms with van der Waals surface area (Å²) in [7, 11) is 0. The van der Waals surface area contributed by atoms with Crippen molar-refractivity contribution in [1.82, 2.24) is 4.98 Å². The lowest BCUT2D eigenvalue weighted by atomic mass is 10.2. The van der Waals surface area contributed by atoms with Crippen LogP contribution in [0, 0.1) is 12.7 Å². The van der Waals surface area contributed by atoms with Crippen molar-refractivity contribution in [2.75, 3.05) is 5.32 Å². The number of halogens is 1. The number of pyridine rings is 1. The van der Waals surface area contributed by atoms with Crippen LogP contribution in [-0.4, -0.2) is 4.98 Å². The summed E-state index contributed by atoms with van der Waals surface area (Å²) in [6.45, 7) is 2.62. The summed E-state index contributed by atoms with van der Waals surface area (Å²) in [5, 5.41) is 3.16. The van der Waals surface area contributed by atoms with E-state index in [0.29, 0.717) is 6.54 Å². The van der Waals surface area contributed by atoms with Crippen LogP contribution in [0.2, 0.25) is 0 Å². The van der Waals surface area contributed by atoms with Gasteiger partial charge in [0.1, 0.15) is 5.82 Å². The first-order chi connectivity index (χ1) is 7.75. The van der Waals surface area contributed by atoms with Gasteiger partial charge in [-0.25, -0.2) is 4.39 Å². The fraction of sp³-hybridized carbons (Fsp3) is 0.154. The Kier molecular flexibility index (Phi) is 3.15. The maximum absolute atomic E-state index is 12.9. The highest BCUT2D eigenvalue weighted by molar-refractivity contribution is 5.43. The summed E-state index contributed by atoms with van der Waals surface area (Å²) in [5.74, 6) is -0.229. The van der Waals surface area contributed by atoms with Crippen LogP contribution < -0.4 is 5.32 Å². The molecule has 3 heteroatoms. The number of hydrogen-bond donors (Lipinski definition) is 1. The fourth-order valence-electron chi connectivity index (χ4n) is 1.50. The third kappa shape index (κ3) is 2.57. The van der Waals surface area contributed by atoms with E-state index in [0.717, 1.165) is 16.9 Å². The van der Waals surface area contributed by atoms with Crippen LogP contribution in [0.25, 0.3) is 0 Å².